The van der Waals surface area contributed by atoms with Gasteiger partial charge in [-0.3, -0.25) is 0 Å². The number of likely N-dealkylation sites (N-methyl/N-ethyl adjacent to an activating group) is 1. The normalized spacial score (nSPS) is 22.7. The molecule has 0 bridgehead atoms. The van der Waals surface area contributed by atoms with Crippen molar-refractivity contribution in [2.75, 3.05) is 7.05 Å². The van der Waals surface area contributed by atoms with Crippen LogP contribution in [0.25, 0.3) is 0 Å². The minimum atomic E-state index is 0.387. The third-order valence-corrected chi connectivity index (χ3v) is 2.10. The van der Waals surface area contributed by atoms with E-state index in [-0.39, 0.29) is 0 Å². The Labute approximate surface area is 74.9 Å². The van der Waals surface area contributed by atoms with Crippen LogP contribution in [-0.4, -0.2) is 13.1 Å². The molecule has 0 amide bonds. The molecule has 0 fully saturated rings. The summed E-state index contributed by atoms with van der Waals surface area (Å²) in [5.74, 6) is 0.613. The van der Waals surface area contributed by atoms with Crippen molar-refractivity contribution in [3.8, 4) is 0 Å². The minimum Gasteiger partial charge on any atom is -0.310 e. The molecule has 0 aromatic heterocycles. The van der Waals surface area contributed by atoms with E-state index in [1.807, 2.05) is 7.05 Å². The monoisotopic (exact) mass is 163 g/mol. The molecule has 0 saturated heterocycles. The van der Waals surface area contributed by atoms with Crippen LogP contribution in [0.3, 0.4) is 0 Å². The van der Waals surface area contributed by atoms with Gasteiger partial charge in [0.2, 0.25) is 0 Å². The maximum Gasteiger partial charge on any atom is 0.0439 e. The largest absolute Gasteiger partial charge is 0.310 e. The molecule has 1 aliphatic carbocycles. The van der Waals surface area contributed by atoms with Gasteiger partial charge in [-0.2, -0.15) is 0 Å². The van der Waals surface area contributed by atoms with Crippen molar-refractivity contribution < 1.29 is 0 Å². The van der Waals surface area contributed by atoms with Crippen LogP contribution in [0.1, 0.15) is 13.8 Å². The Morgan fingerprint density at radius 2 is 2.08 bits per heavy atom. The molecule has 66 valence electrons. The van der Waals surface area contributed by atoms with Gasteiger partial charge in [0.25, 0.3) is 0 Å². The van der Waals surface area contributed by atoms with E-state index in [0.717, 1.165) is 0 Å². The Kier molecular flexibility index (Phi) is 3.30. The summed E-state index contributed by atoms with van der Waals surface area (Å²) < 4.78 is 0. The lowest BCUT2D eigenvalue weighted by Gasteiger charge is -2.05. The second-order valence-electron chi connectivity index (χ2n) is 3.38. The van der Waals surface area contributed by atoms with Crippen LogP contribution in [0.2, 0.25) is 0 Å². The summed E-state index contributed by atoms with van der Waals surface area (Å²) in [6.45, 7) is 4.42. The molecule has 1 aliphatic rings. The van der Waals surface area contributed by atoms with Crippen LogP contribution < -0.4 is 5.32 Å². The Morgan fingerprint density at radius 1 is 1.33 bits per heavy atom. The van der Waals surface area contributed by atoms with Crippen molar-refractivity contribution in [1.82, 2.24) is 5.32 Å². The van der Waals surface area contributed by atoms with Crippen molar-refractivity contribution in [3.05, 3.63) is 36.0 Å². The number of allylic oxidation sites excluding steroid dienone is 4. The van der Waals surface area contributed by atoms with E-state index >= 15 is 0 Å². The zero-order valence-corrected chi connectivity index (χ0v) is 8.04. The fourth-order valence-corrected chi connectivity index (χ4v) is 1.20. The van der Waals surface area contributed by atoms with Crippen molar-refractivity contribution in [3.63, 3.8) is 0 Å². The highest BCUT2D eigenvalue weighted by Gasteiger charge is 2.02. The molecule has 1 nitrogen and oxygen atoms in total. The van der Waals surface area contributed by atoms with E-state index in [4.69, 9.17) is 0 Å². The molecule has 1 rings (SSSR count). The highest BCUT2D eigenvalue weighted by Crippen LogP contribution is 2.13. The third kappa shape index (κ3) is 2.35. The summed E-state index contributed by atoms with van der Waals surface area (Å²) in [7, 11) is 1.97. The SMILES string of the molecule is CNC1C=CC=C(C(C)C)C=C1. The molecule has 1 heteroatoms. The van der Waals surface area contributed by atoms with Crippen LogP contribution in [0.5, 0.6) is 0 Å². The van der Waals surface area contributed by atoms with Gasteiger partial charge in [-0.25, -0.2) is 0 Å². The van der Waals surface area contributed by atoms with Crippen molar-refractivity contribution in [2.45, 2.75) is 19.9 Å². The first-order valence-corrected chi connectivity index (χ1v) is 4.48. The zero-order chi connectivity index (χ0) is 8.97. The summed E-state index contributed by atoms with van der Waals surface area (Å²) in [4.78, 5) is 0. The lowest BCUT2D eigenvalue weighted by molar-refractivity contribution is 0.778. The summed E-state index contributed by atoms with van der Waals surface area (Å²) in [6.07, 6.45) is 10.8. The van der Waals surface area contributed by atoms with Crippen molar-refractivity contribution in [1.29, 1.82) is 0 Å². The second-order valence-corrected chi connectivity index (χ2v) is 3.38. The molecule has 0 aliphatic heterocycles. The number of hydrogen-bond donors (Lipinski definition) is 1. The summed E-state index contributed by atoms with van der Waals surface area (Å²) in [5.41, 5.74) is 1.39. The maximum absolute atomic E-state index is 3.20. The maximum atomic E-state index is 3.20. The van der Waals surface area contributed by atoms with E-state index in [1.165, 1.54) is 5.57 Å². The van der Waals surface area contributed by atoms with E-state index in [0.29, 0.717) is 12.0 Å². The van der Waals surface area contributed by atoms with Gasteiger partial charge in [-0.05, 0) is 18.5 Å². The third-order valence-electron chi connectivity index (χ3n) is 2.10. The van der Waals surface area contributed by atoms with Gasteiger partial charge >= 0.3 is 0 Å². The standard InChI is InChI=1S/C11H17N/c1-9(2)10-5-4-6-11(12-3)8-7-10/h4-9,11-12H,1-3H3. The lowest BCUT2D eigenvalue weighted by atomic mass is 10.0. The van der Waals surface area contributed by atoms with E-state index in [1.54, 1.807) is 0 Å². The smallest absolute Gasteiger partial charge is 0.0439 e. The molecule has 1 N–H and O–H groups in total. The van der Waals surface area contributed by atoms with Gasteiger partial charge in [0, 0.05) is 6.04 Å². The highest BCUT2D eigenvalue weighted by atomic mass is 14.8. The first-order chi connectivity index (χ1) is 5.74. The molecule has 0 aromatic rings. The number of rotatable bonds is 2. The molecule has 0 aromatic carbocycles. The summed E-state index contributed by atoms with van der Waals surface area (Å²) in [5, 5.41) is 3.20. The Hall–Kier alpha value is -0.820. The molecule has 0 heterocycles. The van der Waals surface area contributed by atoms with Crippen molar-refractivity contribution >= 4 is 0 Å². The van der Waals surface area contributed by atoms with Gasteiger partial charge in [-0.15, -0.1) is 0 Å². The summed E-state index contributed by atoms with van der Waals surface area (Å²) >= 11 is 0. The van der Waals surface area contributed by atoms with Gasteiger partial charge in [0.15, 0.2) is 0 Å². The number of nitrogens with one attached hydrogen (secondary N) is 1. The van der Waals surface area contributed by atoms with Crippen LogP contribution in [0.4, 0.5) is 0 Å². The first-order valence-electron chi connectivity index (χ1n) is 4.48. The average molecular weight is 163 g/mol. The Balaban J connectivity index is 2.72. The van der Waals surface area contributed by atoms with E-state index < -0.39 is 0 Å². The highest BCUT2D eigenvalue weighted by molar-refractivity contribution is 5.31. The number of hydrogen-bond acceptors (Lipinski definition) is 1. The summed E-state index contributed by atoms with van der Waals surface area (Å²) in [6, 6.07) is 0.387. The van der Waals surface area contributed by atoms with Crippen molar-refractivity contribution in [2.24, 2.45) is 5.92 Å². The molecular formula is C11H17N. The van der Waals surface area contributed by atoms with Gasteiger partial charge in [-0.1, -0.05) is 44.2 Å². The molecule has 12 heavy (non-hydrogen) atoms. The van der Waals surface area contributed by atoms with Gasteiger partial charge < -0.3 is 5.32 Å². The topological polar surface area (TPSA) is 12.0 Å². The molecule has 0 saturated carbocycles. The first kappa shape index (κ1) is 9.27. The van der Waals surface area contributed by atoms with Gasteiger partial charge in [0.05, 0.1) is 0 Å². The predicted molar refractivity (Wildman–Crippen MR) is 54.0 cm³/mol. The Bertz CT molecular complexity index is 221. The second kappa shape index (κ2) is 4.27. The van der Waals surface area contributed by atoms with E-state index in [2.05, 4.69) is 49.5 Å². The molecule has 1 unspecified atom stereocenters. The molecule has 0 spiro atoms. The minimum absolute atomic E-state index is 0.387. The fraction of sp³-hybridized carbons (Fsp3) is 0.455. The molecular weight excluding hydrogens is 146 g/mol. The predicted octanol–water partition coefficient (Wildman–Crippen LogP) is 2.28. The van der Waals surface area contributed by atoms with Crippen LogP contribution in [-0.2, 0) is 0 Å². The van der Waals surface area contributed by atoms with Crippen LogP contribution in [0, 0.1) is 5.92 Å². The van der Waals surface area contributed by atoms with Crippen LogP contribution >= 0.6 is 0 Å². The zero-order valence-electron chi connectivity index (χ0n) is 8.04. The molecule has 1 atom stereocenters. The average Bonchev–Trinajstić information content (AvgIpc) is 2.28. The Morgan fingerprint density at radius 3 is 2.67 bits per heavy atom. The molecule has 0 radical (unpaired) electrons. The van der Waals surface area contributed by atoms with Crippen LogP contribution in [0.15, 0.2) is 36.0 Å². The lowest BCUT2D eigenvalue weighted by Crippen LogP contribution is -2.19. The van der Waals surface area contributed by atoms with Gasteiger partial charge in [0.1, 0.15) is 0 Å². The van der Waals surface area contributed by atoms with E-state index in [9.17, 15) is 0 Å². The quantitative estimate of drug-likeness (QED) is 0.658. The fourth-order valence-electron chi connectivity index (χ4n) is 1.20.